The van der Waals surface area contributed by atoms with E-state index in [1.807, 2.05) is 0 Å². The van der Waals surface area contributed by atoms with Crippen LogP contribution >= 0.6 is 31.9 Å². The minimum atomic E-state index is -0.429. The molecule has 1 aromatic carbocycles. The van der Waals surface area contributed by atoms with Crippen molar-refractivity contribution in [1.82, 2.24) is 4.98 Å². The SMILES string of the molecule is CC(=O)Oc1c(Br)cc(C=C2Oc3cccnc3NC2=O)cc1Br. The van der Waals surface area contributed by atoms with E-state index in [1.54, 1.807) is 36.5 Å². The molecule has 1 amide bonds. The minimum absolute atomic E-state index is 0.134. The van der Waals surface area contributed by atoms with Crippen LogP contribution in [0.2, 0.25) is 0 Å². The lowest BCUT2D eigenvalue weighted by Gasteiger charge is -2.18. The Balaban J connectivity index is 1.94. The Hall–Kier alpha value is -2.19. The Morgan fingerprint density at radius 3 is 2.71 bits per heavy atom. The molecule has 2 aromatic rings. The highest BCUT2D eigenvalue weighted by atomic mass is 79.9. The molecule has 0 saturated carbocycles. The van der Waals surface area contributed by atoms with Crippen molar-refractivity contribution < 1.29 is 19.1 Å². The zero-order valence-corrected chi connectivity index (χ0v) is 15.5. The third kappa shape index (κ3) is 3.49. The molecule has 6 nitrogen and oxygen atoms in total. The predicted octanol–water partition coefficient (Wildman–Crippen LogP) is 3.90. The van der Waals surface area contributed by atoms with Gasteiger partial charge in [-0.1, -0.05) is 0 Å². The molecule has 0 bridgehead atoms. The van der Waals surface area contributed by atoms with Crippen molar-refractivity contribution in [3.63, 3.8) is 0 Å². The van der Waals surface area contributed by atoms with Crippen molar-refractivity contribution in [2.45, 2.75) is 6.92 Å². The zero-order valence-electron chi connectivity index (χ0n) is 12.3. The Kier molecular flexibility index (Phi) is 4.68. The summed E-state index contributed by atoms with van der Waals surface area (Å²) in [6.45, 7) is 1.32. The maximum atomic E-state index is 12.1. The fraction of sp³-hybridized carbons (Fsp3) is 0.0625. The number of carbonyl (C=O) groups is 2. The molecule has 0 aliphatic carbocycles. The highest BCUT2D eigenvalue weighted by Gasteiger charge is 2.23. The third-order valence-electron chi connectivity index (χ3n) is 3.01. The van der Waals surface area contributed by atoms with Gasteiger partial charge in [0.15, 0.2) is 23.1 Å². The molecule has 1 aliphatic rings. The molecule has 0 unspecified atom stereocenters. The molecule has 0 saturated heterocycles. The Labute approximate surface area is 154 Å². The average molecular weight is 454 g/mol. The van der Waals surface area contributed by atoms with Gasteiger partial charge in [-0.2, -0.15) is 0 Å². The number of anilines is 1. The van der Waals surface area contributed by atoms with E-state index < -0.39 is 11.9 Å². The van der Waals surface area contributed by atoms with Crippen LogP contribution in [-0.2, 0) is 9.59 Å². The van der Waals surface area contributed by atoms with E-state index in [1.165, 1.54) is 6.92 Å². The predicted molar refractivity (Wildman–Crippen MR) is 94.6 cm³/mol. The molecule has 0 spiro atoms. The highest BCUT2D eigenvalue weighted by Crippen LogP contribution is 2.36. The first-order valence-electron chi connectivity index (χ1n) is 6.77. The van der Waals surface area contributed by atoms with Crippen LogP contribution in [0, 0.1) is 0 Å². The number of rotatable bonds is 2. The number of amides is 1. The number of hydrogen-bond donors (Lipinski definition) is 1. The normalized spacial score (nSPS) is 14.6. The number of benzene rings is 1. The van der Waals surface area contributed by atoms with Crippen LogP contribution in [-0.4, -0.2) is 16.9 Å². The van der Waals surface area contributed by atoms with Crippen LogP contribution in [0.4, 0.5) is 5.82 Å². The van der Waals surface area contributed by atoms with Gasteiger partial charge in [0.2, 0.25) is 0 Å². The zero-order chi connectivity index (χ0) is 17.3. The van der Waals surface area contributed by atoms with Gasteiger partial charge < -0.3 is 14.8 Å². The van der Waals surface area contributed by atoms with Crippen LogP contribution in [0.3, 0.4) is 0 Å². The number of halogens is 2. The quantitative estimate of drug-likeness (QED) is 0.423. The maximum absolute atomic E-state index is 12.1. The summed E-state index contributed by atoms with van der Waals surface area (Å²) < 4.78 is 11.8. The topological polar surface area (TPSA) is 77.5 Å². The van der Waals surface area contributed by atoms with Crippen molar-refractivity contribution in [1.29, 1.82) is 0 Å². The van der Waals surface area contributed by atoms with E-state index in [-0.39, 0.29) is 5.76 Å². The third-order valence-corrected chi connectivity index (χ3v) is 4.19. The number of fused-ring (bicyclic) bond motifs is 1. The molecular formula is C16H10Br2N2O4. The Morgan fingerprint density at radius 2 is 2.04 bits per heavy atom. The first kappa shape index (κ1) is 16.7. The molecule has 1 aromatic heterocycles. The molecule has 1 aliphatic heterocycles. The van der Waals surface area contributed by atoms with Crippen molar-refractivity contribution in [3.8, 4) is 11.5 Å². The number of carbonyl (C=O) groups excluding carboxylic acids is 2. The van der Waals surface area contributed by atoms with E-state index in [4.69, 9.17) is 9.47 Å². The van der Waals surface area contributed by atoms with Gasteiger partial charge in [0.05, 0.1) is 8.95 Å². The number of nitrogens with one attached hydrogen (secondary N) is 1. The average Bonchev–Trinajstić information content (AvgIpc) is 2.51. The molecule has 2 heterocycles. The van der Waals surface area contributed by atoms with Gasteiger partial charge >= 0.3 is 5.97 Å². The summed E-state index contributed by atoms with van der Waals surface area (Å²) in [5.74, 6) is 0.534. The molecule has 0 radical (unpaired) electrons. The van der Waals surface area contributed by atoms with Gasteiger partial charge in [0, 0.05) is 13.1 Å². The van der Waals surface area contributed by atoms with E-state index in [2.05, 4.69) is 42.2 Å². The number of nitrogens with zero attached hydrogens (tertiary/aromatic N) is 1. The largest absolute Gasteiger partial charge is 0.448 e. The minimum Gasteiger partial charge on any atom is -0.448 e. The number of pyridine rings is 1. The Morgan fingerprint density at radius 1 is 1.33 bits per heavy atom. The lowest BCUT2D eigenvalue weighted by atomic mass is 10.2. The Bertz CT molecular complexity index is 857. The van der Waals surface area contributed by atoms with Gasteiger partial charge in [-0.3, -0.25) is 9.59 Å². The molecule has 0 fully saturated rings. The molecule has 8 heteroatoms. The van der Waals surface area contributed by atoms with E-state index in [0.717, 1.165) is 0 Å². The molecule has 1 N–H and O–H groups in total. The summed E-state index contributed by atoms with van der Waals surface area (Å²) >= 11 is 6.69. The van der Waals surface area contributed by atoms with Crippen molar-refractivity contribution in [3.05, 3.63) is 50.7 Å². The number of ether oxygens (including phenoxy) is 2. The molecule has 24 heavy (non-hydrogen) atoms. The second kappa shape index (κ2) is 6.74. The summed E-state index contributed by atoms with van der Waals surface area (Å²) in [5.41, 5.74) is 0.683. The molecule has 0 atom stereocenters. The number of esters is 1. The first-order chi connectivity index (χ1) is 11.4. The number of aromatic nitrogens is 1. The standard InChI is InChI=1S/C16H10Br2N2O4/c1-8(21)23-14-10(17)5-9(6-11(14)18)7-13-16(22)20-15-12(24-13)3-2-4-19-15/h2-7H,1H3,(H,19,20,22). The van der Waals surface area contributed by atoms with Gasteiger partial charge in [-0.25, -0.2) is 4.98 Å². The highest BCUT2D eigenvalue weighted by molar-refractivity contribution is 9.11. The fourth-order valence-electron chi connectivity index (χ4n) is 2.05. The van der Waals surface area contributed by atoms with Crippen molar-refractivity contribution in [2.75, 3.05) is 5.32 Å². The summed E-state index contributed by atoms with van der Waals surface area (Å²) in [4.78, 5) is 27.3. The van der Waals surface area contributed by atoms with E-state index in [9.17, 15) is 9.59 Å². The maximum Gasteiger partial charge on any atom is 0.308 e. The van der Waals surface area contributed by atoms with Crippen LogP contribution in [0.15, 0.2) is 45.2 Å². The van der Waals surface area contributed by atoms with E-state index >= 15 is 0 Å². The summed E-state index contributed by atoms with van der Waals surface area (Å²) in [6, 6.07) is 6.86. The summed E-state index contributed by atoms with van der Waals surface area (Å²) in [6.07, 6.45) is 3.15. The van der Waals surface area contributed by atoms with Gasteiger partial charge in [-0.05, 0) is 67.8 Å². The van der Waals surface area contributed by atoms with Crippen molar-refractivity contribution >= 4 is 55.6 Å². The number of hydrogen-bond acceptors (Lipinski definition) is 5. The fourth-order valence-corrected chi connectivity index (χ4v) is 3.43. The summed E-state index contributed by atoms with van der Waals surface area (Å²) in [5, 5.41) is 2.66. The second-order valence-corrected chi connectivity index (χ2v) is 6.53. The van der Waals surface area contributed by atoms with Crippen LogP contribution < -0.4 is 14.8 Å². The summed E-state index contributed by atoms with van der Waals surface area (Å²) in [7, 11) is 0. The van der Waals surface area contributed by atoms with E-state index in [0.29, 0.717) is 31.8 Å². The van der Waals surface area contributed by atoms with Gasteiger partial charge in [0.1, 0.15) is 0 Å². The van der Waals surface area contributed by atoms with Gasteiger partial charge in [-0.15, -0.1) is 0 Å². The molecular weight excluding hydrogens is 444 g/mol. The molecule has 3 rings (SSSR count). The lowest BCUT2D eigenvalue weighted by molar-refractivity contribution is -0.132. The van der Waals surface area contributed by atoms with Crippen molar-refractivity contribution in [2.24, 2.45) is 0 Å². The smallest absolute Gasteiger partial charge is 0.308 e. The lowest BCUT2D eigenvalue weighted by Crippen LogP contribution is -2.24. The van der Waals surface area contributed by atoms with Crippen LogP contribution in [0.1, 0.15) is 12.5 Å². The second-order valence-electron chi connectivity index (χ2n) is 4.82. The van der Waals surface area contributed by atoms with Crippen LogP contribution in [0.25, 0.3) is 6.08 Å². The van der Waals surface area contributed by atoms with Crippen LogP contribution in [0.5, 0.6) is 11.5 Å². The first-order valence-corrected chi connectivity index (χ1v) is 8.36. The van der Waals surface area contributed by atoms with Gasteiger partial charge in [0.25, 0.3) is 5.91 Å². The monoisotopic (exact) mass is 452 g/mol. The molecule has 122 valence electrons.